The summed E-state index contributed by atoms with van der Waals surface area (Å²) in [6.07, 6.45) is 1.91. The molecule has 0 aliphatic carbocycles. The van der Waals surface area contributed by atoms with E-state index in [1.165, 1.54) is 5.56 Å². The number of hydrogen-bond donors (Lipinski definition) is 0. The van der Waals surface area contributed by atoms with E-state index in [9.17, 15) is 4.79 Å². The van der Waals surface area contributed by atoms with Crippen LogP contribution in [0.5, 0.6) is 0 Å². The van der Waals surface area contributed by atoms with E-state index in [0.29, 0.717) is 5.92 Å². The molecule has 0 saturated carbocycles. The number of nitrogens with zero attached hydrogens (tertiary/aromatic N) is 2. The predicted octanol–water partition coefficient (Wildman–Crippen LogP) is 3.13. The molecule has 1 aliphatic heterocycles. The maximum Gasteiger partial charge on any atom is 0.261 e. The Labute approximate surface area is 122 Å². The Kier molecular flexibility index (Phi) is 2.85. The zero-order valence-corrected chi connectivity index (χ0v) is 11.7. The maximum absolute atomic E-state index is 12.7. The number of aryl methyl sites for hydroxylation is 1. The molecule has 0 saturated heterocycles. The normalized spacial score (nSPS) is 17.6. The van der Waals surface area contributed by atoms with E-state index in [-0.39, 0.29) is 5.56 Å². The summed E-state index contributed by atoms with van der Waals surface area (Å²) in [5.74, 6) is 1.32. The average Bonchev–Trinajstić information content (AvgIpc) is 2.56. The first kappa shape index (κ1) is 12.3. The molecule has 1 atom stereocenters. The van der Waals surface area contributed by atoms with E-state index in [2.05, 4.69) is 29.2 Å². The van der Waals surface area contributed by atoms with Gasteiger partial charge in [-0.05, 0) is 24.1 Å². The Balaban J connectivity index is 1.82. The van der Waals surface area contributed by atoms with Crippen LogP contribution in [0.15, 0.2) is 59.4 Å². The Bertz CT molecular complexity index is 852. The lowest BCUT2D eigenvalue weighted by Gasteiger charge is -2.26. The Morgan fingerprint density at radius 1 is 1.00 bits per heavy atom. The topological polar surface area (TPSA) is 34.9 Å². The quantitative estimate of drug-likeness (QED) is 0.684. The van der Waals surface area contributed by atoms with Gasteiger partial charge in [-0.1, -0.05) is 42.5 Å². The van der Waals surface area contributed by atoms with Crippen LogP contribution in [-0.2, 0) is 13.0 Å². The molecule has 1 aliphatic rings. The van der Waals surface area contributed by atoms with Gasteiger partial charge in [0, 0.05) is 18.9 Å². The van der Waals surface area contributed by atoms with Gasteiger partial charge in [0.2, 0.25) is 0 Å². The van der Waals surface area contributed by atoms with Gasteiger partial charge in [-0.25, -0.2) is 4.98 Å². The van der Waals surface area contributed by atoms with E-state index >= 15 is 0 Å². The minimum atomic E-state index is 0.0937. The molecule has 0 N–H and O–H groups in total. The molecule has 2 aromatic carbocycles. The van der Waals surface area contributed by atoms with Gasteiger partial charge >= 0.3 is 0 Å². The highest BCUT2D eigenvalue weighted by atomic mass is 16.1. The Hall–Kier alpha value is -2.42. The number of rotatable bonds is 1. The van der Waals surface area contributed by atoms with Gasteiger partial charge in [0.25, 0.3) is 5.56 Å². The molecule has 3 heteroatoms. The first-order valence-corrected chi connectivity index (χ1v) is 7.36. The summed E-state index contributed by atoms with van der Waals surface area (Å²) in [5, 5.41) is 0.718. The van der Waals surface area contributed by atoms with Crippen LogP contribution in [-0.4, -0.2) is 9.55 Å². The van der Waals surface area contributed by atoms with Gasteiger partial charge in [0.05, 0.1) is 10.9 Å². The fourth-order valence-corrected chi connectivity index (χ4v) is 3.21. The lowest BCUT2D eigenvalue weighted by molar-refractivity contribution is 0.440. The molecule has 1 unspecified atom stereocenters. The third-order valence-corrected chi connectivity index (χ3v) is 4.33. The van der Waals surface area contributed by atoms with Crippen LogP contribution in [0, 0.1) is 0 Å². The van der Waals surface area contributed by atoms with E-state index in [1.807, 2.05) is 34.9 Å². The second kappa shape index (κ2) is 4.85. The van der Waals surface area contributed by atoms with Gasteiger partial charge in [0.1, 0.15) is 5.82 Å². The monoisotopic (exact) mass is 276 g/mol. The highest BCUT2D eigenvalue weighted by Gasteiger charge is 2.22. The second-order valence-corrected chi connectivity index (χ2v) is 5.61. The number of fused-ring (bicyclic) bond motifs is 2. The van der Waals surface area contributed by atoms with Crippen LogP contribution in [0.4, 0.5) is 0 Å². The van der Waals surface area contributed by atoms with Crippen molar-refractivity contribution in [2.75, 3.05) is 0 Å². The molecule has 1 aromatic heterocycles. The first-order valence-electron chi connectivity index (χ1n) is 7.36. The van der Waals surface area contributed by atoms with E-state index in [1.54, 1.807) is 0 Å². The molecule has 3 aromatic rings. The summed E-state index contributed by atoms with van der Waals surface area (Å²) in [6.45, 7) is 0.732. The smallest absolute Gasteiger partial charge is 0.261 e. The van der Waals surface area contributed by atoms with Crippen molar-refractivity contribution in [2.45, 2.75) is 25.3 Å². The van der Waals surface area contributed by atoms with Gasteiger partial charge in [-0.2, -0.15) is 0 Å². The number of para-hydroxylation sites is 1. The minimum absolute atomic E-state index is 0.0937. The second-order valence-electron chi connectivity index (χ2n) is 5.61. The molecule has 3 nitrogen and oxygen atoms in total. The van der Waals surface area contributed by atoms with E-state index < -0.39 is 0 Å². The van der Waals surface area contributed by atoms with Gasteiger partial charge in [-0.3, -0.25) is 9.36 Å². The molecule has 4 rings (SSSR count). The number of benzene rings is 2. The van der Waals surface area contributed by atoms with Crippen molar-refractivity contribution in [3.8, 4) is 0 Å². The summed E-state index contributed by atoms with van der Waals surface area (Å²) in [6, 6.07) is 18.1. The molecule has 0 spiro atoms. The zero-order valence-electron chi connectivity index (χ0n) is 11.7. The fourth-order valence-electron chi connectivity index (χ4n) is 3.21. The lowest BCUT2D eigenvalue weighted by Crippen LogP contribution is -2.31. The van der Waals surface area contributed by atoms with Crippen LogP contribution in [0.1, 0.15) is 23.7 Å². The van der Waals surface area contributed by atoms with Crippen molar-refractivity contribution in [3.63, 3.8) is 0 Å². The molecular formula is C18H16N2O. The maximum atomic E-state index is 12.7. The highest BCUT2D eigenvalue weighted by molar-refractivity contribution is 5.77. The van der Waals surface area contributed by atoms with Gasteiger partial charge < -0.3 is 0 Å². The molecule has 21 heavy (non-hydrogen) atoms. The highest BCUT2D eigenvalue weighted by Crippen LogP contribution is 2.27. The molecule has 0 amide bonds. The van der Waals surface area contributed by atoms with Crippen molar-refractivity contribution in [1.82, 2.24) is 9.55 Å². The van der Waals surface area contributed by atoms with E-state index in [0.717, 1.165) is 36.1 Å². The summed E-state index contributed by atoms with van der Waals surface area (Å²) in [5.41, 5.74) is 2.21. The van der Waals surface area contributed by atoms with E-state index in [4.69, 9.17) is 0 Å². The Morgan fingerprint density at radius 3 is 2.62 bits per heavy atom. The molecule has 2 heterocycles. The fraction of sp³-hybridized carbons (Fsp3) is 0.222. The lowest BCUT2D eigenvalue weighted by atomic mass is 9.91. The van der Waals surface area contributed by atoms with Crippen molar-refractivity contribution >= 4 is 10.9 Å². The third kappa shape index (κ3) is 2.05. The van der Waals surface area contributed by atoms with Crippen molar-refractivity contribution in [1.29, 1.82) is 0 Å². The summed E-state index contributed by atoms with van der Waals surface area (Å²) in [7, 11) is 0. The van der Waals surface area contributed by atoms with Gasteiger partial charge in [0.15, 0.2) is 0 Å². The van der Waals surface area contributed by atoms with Crippen molar-refractivity contribution < 1.29 is 0 Å². The first-order chi connectivity index (χ1) is 10.3. The molecular weight excluding hydrogens is 260 g/mol. The molecule has 0 radical (unpaired) electrons. The number of aromatic nitrogens is 2. The summed E-state index contributed by atoms with van der Waals surface area (Å²) >= 11 is 0. The largest absolute Gasteiger partial charge is 0.296 e. The third-order valence-electron chi connectivity index (χ3n) is 4.33. The molecule has 104 valence electrons. The molecule has 0 fully saturated rings. The Morgan fingerprint density at radius 2 is 1.76 bits per heavy atom. The van der Waals surface area contributed by atoms with Crippen LogP contribution in [0.3, 0.4) is 0 Å². The summed E-state index contributed by atoms with van der Waals surface area (Å²) in [4.78, 5) is 17.3. The van der Waals surface area contributed by atoms with Crippen LogP contribution < -0.4 is 5.56 Å². The van der Waals surface area contributed by atoms with Crippen LogP contribution in [0.2, 0.25) is 0 Å². The van der Waals surface area contributed by atoms with Crippen LogP contribution in [0.25, 0.3) is 10.9 Å². The van der Waals surface area contributed by atoms with Gasteiger partial charge in [-0.15, -0.1) is 0 Å². The zero-order chi connectivity index (χ0) is 14.2. The standard InChI is InChI=1S/C18H16N2O/c21-18-15-8-4-5-9-16(15)19-17-11-10-14(12-20(17)18)13-6-2-1-3-7-13/h1-9,14H,10-12H2. The van der Waals surface area contributed by atoms with Crippen molar-refractivity contribution in [3.05, 3.63) is 76.3 Å². The summed E-state index contributed by atoms with van der Waals surface area (Å²) < 4.78 is 1.86. The minimum Gasteiger partial charge on any atom is -0.296 e. The van der Waals surface area contributed by atoms with Crippen LogP contribution >= 0.6 is 0 Å². The number of hydrogen-bond acceptors (Lipinski definition) is 2. The SMILES string of the molecule is O=c1c2ccccc2nc2n1CC(c1ccccc1)CC2. The molecule has 0 bridgehead atoms. The van der Waals surface area contributed by atoms with Crippen molar-refractivity contribution in [2.24, 2.45) is 0 Å². The predicted molar refractivity (Wildman–Crippen MR) is 83.5 cm³/mol. The average molecular weight is 276 g/mol.